The second kappa shape index (κ2) is 9.74. The first-order chi connectivity index (χ1) is 16.1. The number of alkyl halides is 17. The van der Waals surface area contributed by atoms with Crippen molar-refractivity contribution in [2.24, 2.45) is 0 Å². The van der Waals surface area contributed by atoms with Gasteiger partial charge in [0.15, 0.2) is 0 Å². The molecule has 0 saturated heterocycles. The van der Waals surface area contributed by atoms with E-state index in [1.54, 1.807) is 0 Å². The highest BCUT2D eigenvalue weighted by atomic mass is 19.4. The lowest BCUT2D eigenvalue weighted by atomic mass is 9.94. The maximum atomic E-state index is 14.6. The zero-order valence-electron chi connectivity index (χ0n) is 17.7. The Labute approximate surface area is 194 Å². The smallest absolute Gasteiger partial charge is 0.337 e. The number of ether oxygens (including phenoxy) is 2. The lowest BCUT2D eigenvalue weighted by molar-refractivity contribution is -0.548. The van der Waals surface area contributed by atoms with Crippen LogP contribution in [-0.4, -0.2) is 72.3 Å². The molecule has 0 aromatic heterocycles. The molecule has 0 spiro atoms. The van der Waals surface area contributed by atoms with Gasteiger partial charge in [0.05, 0.1) is 0 Å². The molecule has 37 heavy (non-hydrogen) atoms. The maximum Gasteiger partial charge on any atom is 0.462 e. The minimum Gasteiger partial charge on any atom is -0.337 e. The molecule has 2 unspecified atom stereocenters. The molecule has 0 aliphatic heterocycles. The Morgan fingerprint density at radius 3 is 1.41 bits per heavy atom. The van der Waals surface area contributed by atoms with Crippen LogP contribution in [0.15, 0.2) is 0 Å². The molecule has 220 valence electrons. The summed E-state index contributed by atoms with van der Waals surface area (Å²) in [6, 6.07) is -1.36. The average molecular weight is 591 g/mol. The second-order valence-corrected chi connectivity index (χ2v) is 7.70. The van der Waals surface area contributed by atoms with E-state index >= 15 is 0 Å². The van der Waals surface area contributed by atoms with Crippen LogP contribution in [0.4, 0.5) is 74.6 Å². The van der Waals surface area contributed by atoms with Gasteiger partial charge in [0.25, 0.3) is 5.91 Å². The van der Waals surface area contributed by atoms with E-state index in [-0.39, 0.29) is 30.6 Å². The van der Waals surface area contributed by atoms with Gasteiger partial charge in [-0.1, -0.05) is 19.3 Å². The Bertz CT molecular complexity index is 817. The Kier molecular flexibility index (Phi) is 8.75. The number of amides is 1. The highest BCUT2D eigenvalue weighted by molar-refractivity contribution is 5.84. The van der Waals surface area contributed by atoms with Gasteiger partial charge in [0, 0.05) is 13.1 Å². The van der Waals surface area contributed by atoms with E-state index < -0.39 is 60.3 Å². The predicted molar refractivity (Wildman–Crippen MR) is 82.5 cm³/mol. The highest BCUT2D eigenvalue weighted by Gasteiger charge is 2.85. The largest absolute Gasteiger partial charge is 0.462 e. The van der Waals surface area contributed by atoms with Gasteiger partial charge >= 0.3 is 48.4 Å². The molecule has 1 fully saturated rings. The van der Waals surface area contributed by atoms with Crippen LogP contribution in [0, 0.1) is 0 Å². The van der Waals surface area contributed by atoms with Crippen molar-refractivity contribution >= 4 is 5.91 Å². The summed E-state index contributed by atoms with van der Waals surface area (Å²) in [5.41, 5.74) is 0. The van der Waals surface area contributed by atoms with Crippen molar-refractivity contribution in [3.05, 3.63) is 0 Å². The van der Waals surface area contributed by atoms with Gasteiger partial charge in [-0.3, -0.25) is 14.3 Å². The van der Waals surface area contributed by atoms with Crippen molar-refractivity contribution in [2.75, 3.05) is 7.05 Å². The van der Waals surface area contributed by atoms with Gasteiger partial charge in [-0.2, -0.15) is 74.6 Å². The third-order valence-electron chi connectivity index (χ3n) is 5.08. The monoisotopic (exact) mass is 591 g/mol. The molecule has 0 radical (unpaired) electrons. The summed E-state index contributed by atoms with van der Waals surface area (Å²) in [4.78, 5) is 11.8. The van der Waals surface area contributed by atoms with Crippen LogP contribution in [-0.2, 0) is 14.3 Å². The topological polar surface area (TPSA) is 38.8 Å². The SMILES string of the molecule is CN(C(=O)C(F)(OC(F)(F)C(F)(OC(F)(F)C(F)(F)C(F)(F)F)C(F)(F)F)C(F)(F)F)C1CCCCC1. The summed E-state index contributed by atoms with van der Waals surface area (Å²) < 4.78 is 227. The van der Waals surface area contributed by atoms with Gasteiger partial charge in [-0.25, -0.2) is 0 Å². The number of halogens is 17. The summed E-state index contributed by atoms with van der Waals surface area (Å²) in [5, 5.41) is 0. The van der Waals surface area contributed by atoms with E-state index in [0.717, 1.165) is 0 Å². The standard InChI is InChI=1S/C16H14F17NO3/c1-34(7-5-3-2-4-6-7)8(35)9(17,12(21,22)23)36-16(32,33)11(20,14(27,28)29)37-15(30,31)10(18,19)13(24,25)26/h7H,2-6H2,1H3. The number of rotatable bonds is 8. The summed E-state index contributed by atoms with van der Waals surface area (Å²) >= 11 is 0. The van der Waals surface area contributed by atoms with Crippen LogP contribution in [0.25, 0.3) is 0 Å². The number of carbonyl (C=O) groups excluding carboxylic acids is 1. The first-order valence-electron chi connectivity index (χ1n) is 9.48. The van der Waals surface area contributed by atoms with E-state index in [0.29, 0.717) is 13.5 Å². The minimum atomic E-state index is -8.01. The minimum absolute atomic E-state index is 0.183. The van der Waals surface area contributed by atoms with Crippen molar-refractivity contribution in [1.29, 1.82) is 0 Å². The number of hydrogen-bond acceptors (Lipinski definition) is 3. The quantitative estimate of drug-likeness (QED) is 0.297. The molecule has 21 heteroatoms. The van der Waals surface area contributed by atoms with Gasteiger partial charge in [-0.15, -0.1) is 0 Å². The van der Waals surface area contributed by atoms with Gasteiger partial charge < -0.3 is 4.90 Å². The van der Waals surface area contributed by atoms with Gasteiger partial charge in [0.2, 0.25) is 0 Å². The van der Waals surface area contributed by atoms with Crippen LogP contribution < -0.4 is 0 Å². The summed E-state index contributed by atoms with van der Waals surface area (Å²) in [5.74, 6) is -25.8. The Morgan fingerprint density at radius 1 is 0.622 bits per heavy atom. The zero-order valence-corrected chi connectivity index (χ0v) is 17.7. The highest BCUT2D eigenvalue weighted by Crippen LogP contribution is 2.56. The molecule has 0 aromatic rings. The number of hydrogen-bond donors (Lipinski definition) is 0. The van der Waals surface area contributed by atoms with Crippen LogP contribution in [0.2, 0.25) is 0 Å². The molecule has 1 aliphatic rings. The van der Waals surface area contributed by atoms with E-state index in [1.807, 2.05) is 0 Å². The second-order valence-electron chi connectivity index (χ2n) is 7.70. The van der Waals surface area contributed by atoms with Crippen LogP contribution in [0.3, 0.4) is 0 Å². The molecule has 1 saturated carbocycles. The number of nitrogens with zero attached hydrogens (tertiary/aromatic N) is 1. The number of likely N-dealkylation sites (N-methyl/N-ethyl adjacent to an activating group) is 1. The molecule has 1 aliphatic carbocycles. The van der Waals surface area contributed by atoms with Crippen molar-refractivity contribution in [3.8, 4) is 0 Å². The third-order valence-corrected chi connectivity index (χ3v) is 5.08. The maximum absolute atomic E-state index is 14.6. The molecule has 2 atom stereocenters. The fourth-order valence-corrected chi connectivity index (χ4v) is 3.01. The molecule has 0 heterocycles. The van der Waals surface area contributed by atoms with Gasteiger partial charge in [0.1, 0.15) is 0 Å². The lowest BCUT2D eigenvalue weighted by Crippen LogP contribution is -2.69. The molecular formula is C16H14F17NO3. The van der Waals surface area contributed by atoms with Crippen molar-refractivity contribution in [1.82, 2.24) is 4.90 Å². The first-order valence-corrected chi connectivity index (χ1v) is 9.48. The third kappa shape index (κ3) is 5.95. The van der Waals surface area contributed by atoms with E-state index in [1.165, 1.54) is 4.74 Å². The summed E-state index contributed by atoms with van der Waals surface area (Å²) in [6.45, 7) is 0. The molecule has 0 bridgehead atoms. The normalized spacial score (nSPS) is 20.8. The molecule has 1 rings (SSSR count). The van der Waals surface area contributed by atoms with Crippen LogP contribution >= 0.6 is 0 Å². The van der Waals surface area contributed by atoms with E-state index in [4.69, 9.17) is 0 Å². The first kappa shape index (κ1) is 33.2. The lowest BCUT2D eigenvalue weighted by Gasteiger charge is -2.41. The predicted octanol–water partition coefficient (Wildman–Crippen LogP) is 6.65. The fraction of sp³-hybridized carbons (Fsp3) is 0.938. The Hall–Kier alpha value is -1.80. The van der Waals surface area contributed by atoms with Crippen molar-refractivity contribution in [2.45, 2.75) is 86.5 Å². The molecule has 0 N–H and O–H groups in total. The molecule has 1 amide bonds. The van der Waals surface area contributed by atoms with Gasteiger partial charge in [-0.05, 0) is 12.8 Å². The fourth-order valence-electron chi connectivity index (χ4n) is 3.01. The average Bonchev–Trinajstić information content (AvgIpc) is 2.69. The zero-order chi connectivity index (χ0) is 29.7. The van der Waals surface area contributed by atoms with E-state index in [2.05, 4.69) is 4.74 Å². The number of carbonyl (C=O) groups is 1. The van der Waals surface area contributed by atoms with E-state index in [9.17, 15) is 79.4 Å². The molecular weight excluding hydrogens is 577 g/mol. The Balaban J connectivity index is 3.60. The summed E-state index contributed by atoms with van der Waals surface area (Å²) in [7, 11) is 0.334. The van der Waals surface area contributed by atoms with Crippen LogP contribution in [0.1, 0.15) is 32.1 Å². The molecule has 0 aromatic carbocycles. The summed E-state index contributed by atoms with van der Waals surface area (Å²) in [6.07, 6.45) is -37.9. The van der Waals surface area contributed by atoms with Crippen LogP contribution in [0.5, 0.6) is 0 Å². The Morgan fingerprint density at radius 2 is 1.05 bits per heavy atom. The van der Waals surface area contributed by atoms with Crippen molar-refractivity contribution < 1.29 is 88.9 Å². The molecule has 4 nitrogen and oxygen atoms in total. The van der Waals surface area contributed by atoms with Crippen molar-refractivity contribution in [3.63, 3.8) is 0 Å².